The van der Waals surface area contributed by atoms with E-state index in [9.17, 15) is 0 Å². The van der Waals surface area contributed by atoms with E-state index in [1.807, 2.05) is 0 Å². The van der Waals surface area contributed by atoms with Gasteiger partial charge in [-0.2, -0.15) is 0 Å². The van der Waals surface area contributed by atoms with Gasteiger partial charge < -0.3 is 0 Å². The molecule has 128 valence electrons. The monoisotopic (exact) mass is 296 g/mol. The van der Waals surface area contributed by atoms with Crippen molar-refractivity contribution in [2.45, 2.75) is 107 Å². The molecule has 0 aromatic rings. The molecule has 0 bridgehead atoms. The van der Waals surface area contributed by atoms with Crippen LogP contribution in [0.15, 0.2) is 0 Å². The number of rotatable bonds is 11. The van der Waals surface area contributed by atoms with Crippen LogP contribution in [0.4, 0.5) is 0 Å². The first kappa shape index (κ1) is 21.0. The van der Waals surface area contributed by atoms with Gasteiger partial charge in [0.05, 0.1) is 0 Å². The maximum atomic E-state index is 2.46. The molecule has 0 aliphatic rings. The molecule has 0 spiro atoms. The lowest BCUT2D eigenvalue weighted by Crippen LogP contribution is -2.11. The summed E-state index contributed by atoms with van der Waals surface area (Å²) in [7, 11) is 0. The Hall–Kier alpha value is 0. The number of hydrogen-bond donors (Lipinski definition) is 0. The average molecular weight is 297 g/mol. The van der Waals surface area contributed by atoms with Crippen molar-refractivity contribution in [3.63, 3.8) is 0 Å². The van der Waals surface area contributed by atoms with Crippen molar-refractivity contribution in [2.75, 3.05) is 0 Å². The molecule has 0 aliphatic heterocycles. The SMILES string of the molecule is CCC(C)C(C)CC(C)CCCCCC(C)CC(C)(C)C. The Labute approximate surface area is 136 Å². The van der Waals surface area contributed by atoms with Crippen LogP contribution in [-0.4, -0.2) is 0 Å². The van der Waals surface area contributed by atoms with Crippen LogP contribution < -0.4 is 0 Å². The summed E-state index contributed by atoms with van der Waals surface area (Å²) < 4.78 is 0. The molecule has 0 fully saturated rings. The predicted molar refractivity (Wildman–Crippen MR) is 98.7 cm³/mol. The van der Waals surface area contributed by atoms with Gasteiger partial charge in [0.15, 0.2) is 0 Å². The van der Waals surface area contributed by atoms with Crippen molar-refractivity contribution in [3.8, 4) is 0 Å². The summed E-state index contributed by atoms with van der Waals surface area (Å²) in [6, 6.07) is 0. The molecule has 0 aromatic heterocycles. The normalized spacial score (nSPS) is 18.3. The van der Waals surface area contributed by atoms with Gasteiger partial charge in [0.1, 0.15) is 0 Å². The van der Waals surface area contributed by atoms with Gasteiger partial charge in [-0.05, 0) is 41.9 Å². The average Bonchev–Trinajstić information content (AvgIpc) is 2.35. The molecule has 0 saturated carbocycles. The molecule has 4 atom stereocenters. The fourth-order valence-corrected chi connectivity index (χ4v) is 3.70. The van der Waals surface area contributed by atoms with E-state index in [4.69, 9.17) is 0 Å². The fraction of sp³-hybridized carbons (Fsp3) is 1.00. The molecule has 0 radical (unpaired) electrons. The molecule has 4 unspecified atom stereocenters. The highest BCUT2D eigenvalue weighted by atomic mass is 14.2. The van der Waals surface area contributed by atoms with Crippen molar-refractivity contribution in [2.24, 2.45) is 29.1 Å². The summed E-state index contributed by atoms with van der Waals surface area (Å²) in [4.78, 5) is 0. The van der Waals surface area contributed by atoms with Crippen LogP contribution in [0.2, 0.25) is 0 Å². The Morgan fingerprint density at radius 1 is 0.714 bits per heavy atom. The van der Waals surface area contributed by atoms with Crippen molar-refractivity contribution < 1.29 is 0 Å². The molecular weight excluding hydrogens is 252 g/mol. The first-order valence-electron chi connectivity index (χ1n) is 9.65. The topological polar surface area (TPSA) is 0 Å². The molecule has 0 N–H and O–H groups in total. The Morgan fingerprint density at radius 2 is 1.24 bits per heavy atom. The van der Waals surface area contributed by atoms with Crippen molar-refractivity contribution in [1.82, 2.24) is 0 Å². The lowest BCUT2D eigenvalue weighted by Gasteiger charge is -2.23. The van der Waals surface area contributed by atoms with Gasteiger partial charge in [-0.1, -0.05) is 93.9 Å². The van der Waals surface area contributed by atoms with E-state index in [1.54, 1.807) is 0 Å². The van der Waals surface area contributed by atoms with Crippen molar-refractivity contribution in [1.29, 1.82) is 0 Å². The number of unbranched alkanes of at least 4 members (excludes halogenated alkanes) is 2. The molecule has 0 aliphatic carbocycles. The fourth-order valence-electron chi connectivity index (χ4n) is 3.70. The van der Waals surface area contributed by atoms with Crippen molar-refractivity contribution >= 4 is 0 Å². The minimum atomic E-state index is 0.500. The van der Waals surface area contributed by atoms with Gasteiger partial charge >= 0.3 is 0 Å². The van der Waals surface area contributed by atoms with E-state index in [-0.39, 0.29) is 0 Å². The van der Waals surface area contributed by atoms with Gasteiger partial charge in [-0.3, -0.25) is 0 Å². The first-order chi connectivity index (χ1) is 9.65. The standard InChI is InChI=1S/C21H44/c1-9-19(4)20(5)15-17(2)13-11-10-12-14-18(3)16-21(6,7)8/h17-20H,9-16H2,1-8H3. The zero-order valence-electron chi connectivity index (χ0n) is 16.5. The van der Waals surface area contributed by atoms with Crippen LogP contribution in [0.1, 0.15) is 107 Å². The maximum Gasteiger partial charge on any atom is -0.0380 e. The second kappa shape index (κ2) is 10.7. The Balaban J connectivity index is 3.62. The van der Waals surface area contributed by atoms with Crippen LogP contribution in [0.25, 0.3) is 0 Å². The molecule has 21 heavy (non-hydrogen) atoms. The zero-order valence-corrected chi connectivity index (χ0v) is 16.5. The van der Waals surface area contributed by atoms with Crippen LogP contribution >= 0.6 is 0 Å². The molecule has 0 heterocycles. The van der Waals surface area contributed by atoms with E-state index < -0.39 is 0 Å². The van der Waals surface area contributed by atoms with Gasteiger partial charge in [0.25, 0.3) is 0 Å². The largest absolute Gasteiger partial charge is 0.0651 e. The van der Waals surface area contributed by atoms with Gasteiger partial charge in [0.2, 0.25) is 0 Å². The molecule has 0 nitrogen and oxygen atoms in total. The number of hydrogen-bond acceptors (Lipinski definition) is 0. The molecule has 0 amide bonds. The highest BCUT2D eigenvalue weighted by molar-refractivity contribution is 4.67. The first-order valence-corrected chi connectivity index (χ1v) is 9.65. The third-order valence-electron chi connectivity index (χ3n) is 5.24. The predicted octanol–water partition coefficient (Wildman–Crippen LogP) is 7.72. The minimum absolute atomic E-state index is 0.500. The third-order valence-corrected chi connectivity index (χ3v) is 5.24. The lowest BCUT2D eigenvalue weighted by molar-refractivity contribution is 0.284. The van der Waals surface area contributed by atoms with Gasteiger partial charge in [-0.15, -0.1) is 0 Å². The van der Waals surface area contributed by atoms with Crippen LogP contribution in [0, 0.1) is 29.1 Å². The smallest absolute Gasteiger partial charge is 0.0380 e. The lowest BCUT2D eigenvalue weighted by atomic mass is 9.83. The Morgan fingerprint density at radius 3 is 1.71 bits per heavy atom. The highest BCUT2D eigenvalue weighted by Gasteiger charge is 2.15. The highest BCUT2D eigenvalue weighted by Crippen LogP contribution is 2.28. The minimum Gasteiger partial charge on any atom is -0.0651 e. The van der Waals surface area contributed by atoms with E-state index in [1.165, 1.54) is 51.4 Å². The van der Waals surface area contributed by atoms with Crippen molar-refractivity contribution in [3.05, 3.63) is 0 Å². The summed E-state index contributed by atoms with van der Waals surface area (Å²) in [6.07, 6.45) is 11.3. The summed E-state index contributed by atoms with van der Waals surface area (Å²) in [5.74, 6) is 3.61. The van der Waals surface area contributed by atoms with E-state index in [0.29, 0.717) is 5.41 Å². The molecular formula is C21H44. The van der Waals surface area contributed by atoms with E-state index in [2.05, 4.69) is 55.4 Å². The van der Waals surface area contributed by atoms with E-state index in [0.717, 1.165) is 23.7 Å². The second-order valence-electron chi connectivity index (χ2n) is 9.21. The summed E-state index contributed by atoms with van der Waals surface area (Å²) in [5, 5.41) is 0. The quantitative estimate of drug-likeness (QED) is 0.342. The molecule has 0 heteroatoms. The third kappa shape index (κ3) is 12.2. The van der Waals surface area contributed by atoms with Crippen LogP contribution in [0.3, 0.4) is 0 Å². The van der Waals surface area contributed by atoms with Crippen LogP contribution in [-0.2, 0) is 0 Å². The van der Waals surface area contributed by atoms with Gasteiger partial charge in [0, 0.05) is 0 Å². The molecule has 0 aromatic carbocycles. The molecule has 0 saturated heterocycles. The summed E-state index contributed by atoms with van der Waals surface area (Å²) in [6.45, 7) is 19.2. The zero-order chi connectivity index (χ0) is 16.5. The maximum absolute atomic E-state index is 2.46. The summed E-state index contributed by atoms with van der Waals surface area (Å²) in [5.41, 5.74) is 0.500. The molecule has 0 rings (SSSR count). The van der Waals surface area contributed by atoms with E-state index >= 15 is 0 Å². The Bertz CT molecular complexity index is 235. The summed E-state index contributed by atoms with van der Waals surface area (Å²) >= 11 is 0. The van der Waals surface area contributed by atoms with Crippen LogP contribution in [0.5, 0.6) is 0 Å². The second-order valence-corrected chi connectivity index (χ2v) is 9.21. The Kier molecular flexibility index (Phi) is 10.7. The van der Waals surface area contributed by atoms with Gasteiger partial charge in [-0.25, -0.2) is 0 Å².